The van der Waals surface area contributed by atoms with Crippen LogP contribution in [0.15, 0.2) is 18.3 Å². The molecule has 2 fully saturated rings. The van der Waals surface area contributed by atoms with Crippen LogP contribution in [-0.4, -0.2) is 72.2 Å². The van der Waals surface area contributed by atoms with E-state index in [0.717, 1.165) is 24.8 Å². The van der Waals surface area contributed by atoms with Crippen molar-refractivity contribution < 1.29 is 19.3 Å². The second kappa shape index (κ2) is 10.0. The van der Waals surface area contributed by atoms with Crippen LogP contribution < -0.4 is 19.7 Å². The van der Waals surface area contributed by atoms with E-state index in [2.05, 4.69) is 10.3 Å². The molecule has 1 aromatic carbocycles. The summed E-state index contributed by atoms with van der Waals surface area (Å²) in [6.07, 6.45) is 4.37. The molecular formula is C25H29Cl2N5O4. The van der Waals surface area contributed by atoms with Crippen molar-refractivity contribution in [3.05, 3.63) is 28.4 Å². The van der Waals surface area contributed by atoms with Crippen LogP contribution >= 0.6 is 23.2 Å². The summed E-state index contributed by atoms with van der Waals surface area (Å²) < 4.78 is 16.5. The molecule has 5 rings (SSSR count). The number of methoxy groups -OCH3 is 2. The lowest BCUT2D eigenvalue weighted by atomic mass is 10.1. The Morgan fingerprint density at radius 1 is 1.17 bits per heavy atom. The van der Waals surface area contributed by atoms with Gasteiger partial charge in [0, 0.05) is 42.9 Å². The summed E-state index contributed by atoms with van der Waals surface area (Å²) in [6.45, 7) is 4.28. The molecule has 0 bridgehead atoms. The summed E-state index contributed by atoms with van der Waals surface area (Å²) in [5, 5.41) is 15.5. The first-order valence-corrected chi connectivity index (χ1v) is 12.6. The molecule has 1 unspecified atom stereocenters. The van der Waals surface area contributed by atoms with E-state index in [-0.39, 0.29) is 6.04 Å². The van der Waals surface area contributed by atoms with Crippen LogP contribution in [0.25, 0.3) is 22.2 Å². The summed E-state index contributed by atoms with van der Waals surface area (Å²) in [4.78, 5) is 16.4. The summed E-state index contributed by atoms with van der Waals surface area (Å²) >= 11 is 13.4. The minimum atomic E-state index is -0.827. The third-order valence-electron chi connectivity index (χ3n) is 6.62. The smallest absolute Gasteiger partial charge is 0.223 e. The third kappa shape index (κ3) is 4.85. The fourth-order valence-electron chi connectivity index (χ4n) is 4.71. The van der Waals surface area contributed by atoms with Gasteiger partial charge in [-0.2, -0.15) is 0 Å². The Morgan fingerprint density at radius 2 is 1.92 bits per heavy atom. The normalized spacial score (nSPS) is 22.2. The van der Waals surface area contributed by atoms with Crippen molar-refractivity contribution >= 4 is 45.9 Å². The average molecular weight is 534 g/mol. The van der Waals surface area contributed by atoms with Gasteiger partial charge in [0.15, 0.2) is 5.82 Å². The second-order valence-corrected chi connectivity index (χ2v) is 10.2. The fourth-order valence-corrected chi connectivity index (χ4v) is 5.41. The molecule has 192 valence electrons. The van der Waals surface area contributed by atoms with Crippen molar-refractivity contribution in [2.45, 2.75) is 37.8 Å². The Balaban J connectivity index is 1.66. The van der Waals surface area contributed by atoms with Crippen LogP contribution in [0.3, 0.4) is 0 Å². The number of hydrogen-bond acceptors (Lipinski definition) is 9. The number of hydrogen-bond donors (Lipinski definition) is 2. The number of nitrogens with one attached hydrogen (secondary N) is 1. The van der Waals surface area contributed by atoms with Gasteiger partial charge in [0.05, 0.1) is 48.2 Å². The van der Waals surface area contributed by atoms with Crippen LogP contribution in [0.2, 0.25) is 10.0 Å². The molecule has 0 aliphatic carbocycles. The van der Waals surface area contributed by atoms with Crippen LogP contribution in [0.4, 0.5) is 11.8 Å². The maximum absolute atomic E-state index is 10.7. The molecule has 2 atom stereocenters. The monoisotopic (exact) mass is 533 g/mol. The largest absolute Gasteiger partial charge is 0.495 e. The molecule has 3 aromatic rings. The van der Waals surface area contributed by atoms with Crippen molar-refractivity contribution in [1.29, 1.82) is 0 Å². The molecule has 2 N–H and O–H groups in total. The molecule has 9 nitrogen and oxygen atoms in total. The number of fused-ring (bicyclic) bond motifs is 1. The number of aromatic nitrogens is 3. The lowest BCUT2D eigenvalue weighted by Gasteiger charge is -2.24. The minimum absolute atomic E-state index is 0.154. The van der Waals surface area contributed by atoms with Crippen molar-refractivity contribution in [1.82, 2.24) is 15.0 Å². The number of pyridine rings is 1. The van der Waals surface area contributed by atoms with Gasteiger partial charge in [-0.1, -0.05) is 23.2 Å². The maximum Gasteiger partial charge on any atom is 0.223 e. The predicted molar refractivity (Wildman–Crippen MR) is 141 cm³/mol. The van der Waals surface area contributed by atoms with Gasteiger partial charge < -0.3 is 29.5 Å². The van der Waals surface area contributed by atoms with Gasteiger partial charge in [0.25, 0.3) is 0 Å². The first-order chi connectivity index (χ1) is 17.3. The van der Waals surface area contributed by atoms with Gasteiger partial charge in [-0.05, 0) is 32.3 Å². The van der Waals surface area contributed by atoms with E-state index in [4.69, 9.17) is 47.4 Å². The Hall–Kier alpha value is -2.59. The third-order valence-corrected chi connectivity index (χ3v) is 7.37. The van der Waals surface area contributed by atoms with Gasteiger partial charge >= 0.3 is 0 Å². The van der Waals surface area contributed by atoms with E-state index in [0.29, 0.717) is 76.2 Å². The van der Waals surface area contributed by atoms with E-state index in [1.807, 2.05) is 17.9 Å². The summed E-state index contributed by atoms with van der Waals surface area (Å²) in [5.74, 6) is 1.98. The summed E-state index contributed by atoms with van der Waals surface area (Å²) in [5.41, 5.74) is 0.866. The molecule has 2 saturated heterocycles. The molecule has 11 heteroatoms. The number of β-amino-alcohol motifs (C(OH)–C–C–N with tert-alkyl or cyclic N) is 1. The molecule has 2 aromatic heterocycles. The van der Waals surface area contributed by atoms with E-state index in [1.54, 1.807) is 12.3 Å². The lowest BCUT2D eigenvalue weighted by Crippen LogP contribution is -2.31. The minimum Gasteiger partial charge on any atom is -0.495 e. The summed E-state index contributed by atoms with van der Waals surface area (Å²) in [7, 11) is 3.06. The molecule has 0 radical (unpaired) electrons. The van der Waals surface area contributed by atoms with Crippen LogP contribution in [0.5, 0.6) is 11.5 Å². The van der Waals surface area contributed by atoms with Crippen molar-refractivity contribution in [2.75, 3.05) is 50.7 Å². The Labute approximate surface area is 219 Å². The zero-order valence-corrected chi connectivity index (χ0v) is 22.0. The Kier molecular flexibility index (Phi) is 7.00. The Bertz CT molecular complexity index is 1260. The molecule has 2 aliphatic heterocycles. The SMILES string of the molecule is COc1cc(OC)c(Cl)c(-c2cc3cnc(N[C@H]4CCCOC4)nc3c(N3CCC(C)(O)C3)n2)c1Cl. The van der Waals surface area contributed by atoms with E-state index < -0.39 is 5.60 Å². The van der Waals surface area contributed by atoms with Crippen molar-refractivity contribution in [2.24, 2.45) is 0 Å². The van der Waals surface area contributed by atoms with Crippen LogP contribution in [-0.2, 0) is 4.74 Å². The highest BCUT2D eigenvalue weighted by molar-refractivity contribution is 6.41. The number of nitrogens with zero attached hydrogens (tertiary/aromatic N) is 4. The number of benzene rings is 1. The maximum atomic E-state index is 10.7. The van der Waals surface area contributed by atoms with Crippen molar-refractivity contribution in [3.63, 3.8) is 0 Å². The lowest BCUT2D eigenvalue weighted by molar-refractivity contribution is 0.0839. The predicted octanol–water partition coefficient (Wildman–Crippen LogP) is 4.57. The first kappa shape index (κ1) is 25.1. The number of anilines is 2. The highest BCUT2D eigenvalue weighted by Crippen LogP contribution is 2.46. The number of ether oxygens (including phenoxy) is 3. The highest BCUT2D eigenvalue weighted by Gasteiger charge is 2.34. The second-order valence-electron chi connectivity index (χ2n) is 9.47. The van der Waals surface area contributed by atoms with Crippen molar-refractivity contribution in [3.8, 4) is 22.8 Å². The zero-order valence-electron chi connectivity index (χ0n) is 20.5. The summed E-state index contributed by atoms with van der Waals surface area (Å²) in [6, 6.07) is 3.65. The number of rotatable bonds is 6. The van der Waals surface area contributed by atoms with E-state index in [9.17, 15) is 5.11 Å². The molecule has 0 spiro atoms. The topological polar surface area (TPSA) is 102 Å². The van der Waals surface area contributed by atoms with Gasteiger partial charge in [-0.3, -0.25) is 0 Å². The standard InChI is InChI=1S/C25H29Cl2N5O4/c1-25(33)6-7-32(13-25)23-22-14(11-28-24(31-22)29-15-5-4-8-36-12-15)9-16(30-23)19-20(26)17(34-2)10-18(35-3)21(19)27/h9-11,15,33H,4-8,12-13H2,1-3H3,(H,28,29,31)/t15-,25?/m0/s1. The number of halogens is 2. The molecule has 2 aliphatic rings. The Morgan fingerprint density at radius 3 is 2.53 bits per heavy atom. The first-order valence-electron chi connectivity index (χ1n) is 11.9. The van der Waals surface area contributed by atoms with Gasteiger partial charge in [-0.15, -0.1) is 0 Å². The number of aliphatic hydroxyl groups is 1. The molecular weight excluding hydrogens is 505 g/mol. The van der Waals surface area contributed by atoms with Gasteiger partial charge in [0.2, 0.25) is 5.95 Å². The molecule has 0 amide bonds. The molecule has 0 saturated carbocycles. The molecule has 36 heavy (non-hydrogen) atoms. The average Bonchev–Trinajstić information content (AvgIpc) is 3.24. The van der Waals surface area contributed by atoms with Crippen LogP contribution in [0.1, 0.15) is 26.2 Å². The van der Waals surface area contributed by atoms with Gasteiger partial charge in [-0.25, -0.2) is 15.0 Å². The van der Waals surface area contributed by atoms with Crippen LogP contribution in [0, 0.1) is 0 Å². The van der Waals surface area contributed by atoms with Gasteiger partial charge in [0.1, 0.15) is 17.0 Å². The fraction of sp³-hybridized carbons (Fsp3) is 0.480. The molecule has 4 heterocycles. The van der Waals surface area contributed by atoms with E-state index >= 15 is 0 Å². The quantitative estimate of drug-likeness (QED) is 0.471. The zero-order chi connectivity index (χ0) is 25.4. The highest BCUT2D eigenvalue weighted by atomic mass is 35.5. The van der Waals surface area contributed by atoms with E-state index in [1.165, 1.54) is 14.2 Å².